The Morgan fingerprint density at radius 2 is 2.26 bits per heavy atom. The molecule has 0 aliphatic heterocycles. The number of carbonyl (C=O) groups is 1. The fourth-order valence-electron chi connectivity index (χ4n) is 1.81. The van der Waals surface area contributed by atoms with E-state index in [9.17, 15) is 9.18 Å². The molecule has 0 radical (unpaired) electrons. The first-order chi connectivity index (χ1) is 9.02. The number of carboxylic acids is 1. The molecule has 7 heteroatoms. The van der Waals surface area contributed by atoms with Crippen LogP contribution in [0.1, 0.15) is 21.7 Å². The molecule has 0 aliphatic carbocycles. The minimum absolute atomic E-state index is 0.0219. The molecule has 0 aliphatic rings. The minimum atomic E-state index is -1.13. The van der Waals surface area contributed by atoms with Crippen LogP contribution < -0.4 is 4.74 Å². The number of hydrogen-bond donors (Lipinski definition) is 1. The van der Waals surface area contributed by atoms with Crippen molar-refractivity contribution >= 4 is 5.97 Å². The van der Waals surface area contributed by atoms with Crippen molar-refractivity contribution in [1.82, 2.24) is 15.0 Å². The Labute approximate surface area is 108 Å². The average molecular weight is 265 g/mol. The minimum Gasteiger partial charge on any atom is -0.496 e. The highest BCUT2D eigenvalue weighted by molar-refractivity contribution is 5.86. The maximum Gasteiger partial charge on any atom is 0.356 e. The lowest BCUT2D eigenvalue weighted by molar-refractivity contribution is 0.0683. The lowest BCUT2D eigenvalue weighted by atomic mass is 10.2. The average Bonchev–Trinajstić information content (AvgIpc) is 2.71. The zero-order chi connectivity index (χ0) is 14.0. The van der Waals surface area contributed by atoms with Gasteiger partial charge in [0.05, 0.1) is 19.3 Å². The molecule has 0 fully saturated rings. The lowest BCUT2D eigenvalue weighted by Crippen LogP contribution is -2.12. The summed E-state index contributed by atoms with van der Waals surface area (Å²) in [6.07, 6.45) is 0. The van der Waals surface area contributed by atoms with E-state index in [2.05, 4.69) is 10.3 Å². The van der Waals surface area contributed by atoms with Crippen LogP contribution in [-0.2, 0) is 6.54 Å². The van der Waals surface area contributed by atoms with Crippen LogP contribution in [0.3, 0.4) is 0 Å². The molecule has 0 atom stereocenters. The Balaban J connectivity index is 2.41. The van der Waals surface area contributed by atoms with Gasteiger partial charge in [-0.2, -0.15) is 0 Å². The largest absolute Gasteiger partial charge is 0.496 e. The second-order valence-corrected chi connectivity index (χ2v) is 3.94. The second kappa shape index (κ2) is 5.05. The highest BCUT2D eigenvalue weighted by atomic mass is 19.1. The molecule has 2 rings (SSSR count). The van der Waals surface area contributed by atoms with Crippen LogP contribution in [0.15, 0.2) is 18.2 Å². The van der Waals surface area contributed by atoms with E-state index >= 15 is 0 Å². The summed E-state index contributed by atoms with van der Waals surface area (Å²) in [6.45, 7) is 1.62. The molecule has 0 bridgehead atoms. The van der Waals surface area contributed by atoms with Crippen molar-refractivity contribution in [2.24, 2.45) is 0 Å². The fraction of sp³-hybridized carbons (Fsp3) is 0.250. The topological polar surface area (TPSA) is 77.2 Å². The maximum atomic E-state index is 13.2. The van der Waals surface area contributed by atoms with E-state index < -0.39 is 11.8 Å². The summed E-state index contributed by atoms with van der Waals surface area (Å²) < 4.78 is 19.5. The molecule has 1 heterocycles. The van der Waals surface area contributed by atoms with Crippen molar-refractivity contribution in [1.29, 1.82) is 0 Å². The van der Waals surface area contributed by atoms with Crippen molar-refractivity contribution in [2.75, 3.05) is 7.11 Å². The number of nitrogens with zero attached hydrogens (tertiary/aromatic N) is 3. The van der Waals surface area contributed by atoms with Crippen LogP contribution in [-0.4, -0.2) is 33.2 Å². The van der Waals surface area contributed by atoms with Gasteiger partial charge in [-0.15, -0.1) is 5.10 Å². The number of halogens is 1. The summed E-state index contributed by atoms with van der Waals surface area (Å²) in [5.41, 5.74) is 0.782. The van der Waals surface area contributed by atoms with Gasteiger partial charge in [0.25, 0.3) is 0 Å². The van der Waals surface area contributed by atoms with E-state index in [1.165, 1.54) is 30.0 Å². The molecule has 1 aromatic heterocycles. The Kier molecular flexibility index (Phi) is 3.46. The predicted octanol–water partition coefficient (Wildman–Crippen LogP) is 1.48. The normalized spacial score (nSPS) is 10.5. The second-order valence-electron chi connectivity index (χ2n) is 3.94. The fourth-order valence-corrected chi connectivity index (χ4v) is 1.81. The molecule has 0 amide bonds. The molecule has 0 saturated heterocycles. The van der Waals surface area contributed by atoms with Gasteiger partial charge in [-0.1, -0.05) is 5.21 Å². The first kappa shape index (κ1) is 13.0. The number of aryl methyl sites for hydroxylation is 1. The van der Waals surface area contributed by atoms with Gasteiger partial charge in [-0.05, 0) is 25.1 Å². The first-order valence-electron chi connectivity index (χ1n) is 5.48. The Bertz CT molecular complexity index is 625. The molecular formula is C12H12FN3O3. The number of hydrogen-bond acceptors (Lipinski definition) is 4. The van der Waals surface area contributed by atoms with Crippen LogP contribution in [0.25, 0.3) is 0 Å². The summed E-state index contributed by atoms with van der Waals surface area (Å²) in [4.78, 5) is 11.1. The number of ether oxygens (including phenoxy) is 1. The quantitative estimate of drug-likeness (QED) is 0.906. The molecule has 100 valence electrons. The Morgan fingerprint density at radius 3 is 2.89 bits per heavy atom. The first-order valence-corrected chi connectivity index (χ1v) is 5.48. The summed E-state index contributed by atoms with van der Waals surface area (Å²) in [7, 11) is 1.46. The number of benzene rings is 1. The molecule has 19 heavy (non-hydrogen) atoms. The van der Waals surface area contributed by atoms with Gasteiger partial charge in [0.1, 0.15) is 11.6 Å². The molecule has 0 saturated carbocycles. The highest BCUT2D eigenvalue weighted by Gasteiger charge is 2.18. The van der Waals surface area contributed by atoms with E-state index in [1.54, 1.807) is 6.92 Å². The van der Waals surface area contributed by atoms with E-state index in [0.29, 0.717) is 17.0 Å². The van der Waals surface area contributed by atoms with E-state index in [0.717, 1.165) is 0 Å². The summed E-state index contributed by atoms with van der Waals surface area (Å²) >= 11 is 0. The molecule has 1 aromatic carbocycles. The smallest absolute Gasteiger partial charge is 0.356 e. The van der Waals surface area contributed by atoms with E-state index in [1.807, 2.05) is 0 Å². The van der Waals surface area contributed by atoms with Crippen LogP contribution in [0, 0.1) is 12.7 Å². The Hall–Kier alpha value is -2.44. The molecule has 0 spiro atoms. The summed E-state index contributed by atoms with van der Waals surface area (Å²) in [5, 5.41) is 16.5. The monoisotopic (exact) mass is 265 g/mol. The van der Waals surface area contributed by atoms with Gasteiger partial charge < -0.3 is 9.84 Å². The van der Waals surface area contributed by atoms with Crippen molar-refractivity contribution in [3.63, 3.8) is 0 Å². The molecule has 1 N–H and O–H groups in total. The van der Waals surface area contributed by atoms with E-state index in [4.69, 9.17) is 9.84 Å². The van der Waals surface area contributed by atoms with Crippen LogP contribution in [0.2, 0.25) is 0 Å². The van der Waals surface area contributed by atoms with Crippen LogP contribution in [0.5, 0.6) is 5.75 Å². The van der Waals surface area contributed by atoms with Crippen LogP contribution >= 0.6 is 0 Å². The van der Waals surface area contributed by atoms with Gasteiger partial charge in [-0.25, -0.2) is 13.9 Å². The van der Waals surface area contributed by atoms with E-state index in [-0.39, 0.29) is 12.2 Å². The SMILES string of the molecule is COc1ccc(F)cc1Cn1nnc(C)c1C(=O)O. The third-order valence-electron chi connectivity index (χ3n) is 2.67. The predicted molar refractivity (Wildman–Crippen MR) is 63.8 cm³/mol. The van der Waals surface area contributed by atoms with Gasteiger partial charge in [-0.3, -0.25) is 0 Å². The third kappa shape index (κ3) is 2.54. The molecule has 6 nitrogen and oxygen atoms in total. The number of aromatic nitrogens is 3. The van der Waals surface area contributed by atoms with Crippen molar-refractivity contribution < 1.29 is 19.0 Å². The van der Waals surface area contributed by atoms with Gasteiger partial charge >= 0.3 is 5.97 Å². The van der Waals surface area contributed by atoms with Crippen LogP contribution in [0.4, 0.5) is 4.39 Å². The molecule has 0 unspecified atom stereocenters. The van der Waals surface area contributed by atoms with Crippen molar-refractivity contribution in [2.45, 2.75) is 13.5 Å². The Morgan fingerprint density at radius 1 is 1.53 bits per heavy atom. The standard InChI is InChI=1S/C12H12FN3O3/c1-7-11(12(17)18)16(15-14-7)6-8-5-9(13)3-4-10(8)19-2/h3-5H,6H2,1-2H3,(H,17,18). The van der Waals surface area contributed by atoms with Gasteiger partial charge in [0, 0.05) is 5.56 Å². The highest BCUT2D eigenvalue weighted by Crippen LogP contribution is 2.21. The van der Waals surface area contributed by atoms with Crippen molar-refractivity contribution in [3.05, 3.63) is 41.0 Å². The number of carboxylic acid groups (broad SMARTS) is 1. The summed E-state index contributed by atoms with van der Waals surface area (Å²) in [6, 6.07) is 4.03. The molecular weight excluding hydrogens is 253 g/mol. The number of methoxy groups -OCH3 is 1. The third-order valence-corrected chi connectivity index (χ3v) is 2.67. The maximum absolute atomic E-state index is 13.2. The van der Waals surface area contributed by atoms with Gasteiger partial charge in [0.2, 0.25) is 0 Å². The summed E-state index contributed by atoms with van der Waals surface area (Å²) in [5.74, 6) is -1.09. The van der Waals surface area contributed by atoms with Crippen molar-refractivity contribution in [3.8, 4) is 5.75 Å². The zero-order valence-corrected chi connectivity index (χ0v) is 10.4. The lowest BCUT2D eigenvalue weighted by Gasteiger charge is -2.09. The number of aromatic carboxylic acids is 1. The zero-order valence-electron chi connectivity index (χ0n) is 10.4. The van der Waals surface area contributed by atoms with Gasteiger partial charge in [0.15, 0.2) is 5.69 Å². The molecule has 2 aromatic rings. The number of rotatable bonds is 4.